The van der Waals surface area contributed by atoms with E-state index in [1.807, 2.05) is 140 Å². The first kappa shape index (κ1) is 35.2. The fourth-order valence-electron chi connectivity index (χ4n) is 6.23. The van der Waals surface area contributed by atoms with Gasteiger partial charge in [-0.25, -0.2) is 4.79 Å². The van der Waals surface area contributed by atoms with Gasteiger partial charge in [0, 0.05) is 0 Å². The van der Waals surface area contributed by atoms with Gasteiger partial charge in [0.1, 0.15) is 30.5 Å². The van der Waals surface area contributed by atoms with Crippen molar-refractivity contribution in [3.05, 3.63) is 178 Å². The number of rotatable bonds is 15. The molecule has 5 aromatic rings. The maximum absolute atomic E-state index is 12.7. The number of carbonyl (C=O) groups excluding carboxylic acids is 1. The predicted octanol–water partition coefficient (Wildman–Crippen LogP) is 8.19. The Hall–Kier alpha value is -4.63. The summed E-state index contributed by atoms with van der Waals surface area (Å²) in [6, 6.07) is 45.7. The molecule has 5 atom stereocenters. The van der Waals surface area contributed by atoms with Gasteiger partial charge in [0.2, 0.25) is 0 Å². The predicted molar refractivity (Wildman–Crippen MR) is 191 cm³/mol. The molecule has 0 unspecified atom stereocenters. The number of aryl methyl sites for hydroxylation is 1. The largest absolute Gasteiger partial charge is 0.465 e. The minimum Gasteiger partial charge on any atom is -0.465 e. The number of esters is 1. The van der Waals surface area contributed by atoms with Crippen LogP contribution in [0.3, 0.4) is 0 Å². The van der Waals surface area contributed by atoms with Crippen LogP contribution >= 0.6 is 0 Å². The Morgan fingerprint density at radius 3 is 1.54 bits per heavy atom. The summed E-state index contributed by atoms with van der Waals surface area (Å²) < 4.78 is 39.0. The van der Waals surface area contributed by atoms with Gasteiger partial charge in [-0.3, -0.25) is 0 Å². The summed E-state index contributed by atoms with van der Waals surface area (Å²) in [5.41, 5.74) is 6.33. The van der Waals surface area contributed by atoms with Gasteiger partial charge in [-0.05, 0) is 52.4 Å². The van der Waals surface area contributed by atoms with Gasteiger partial charge in [-0.1, -0.05) is 127 Å². The average Bonchev–Trinajstić information content (AvgIpc) is 3.17. The van der Waals surface area contributed by atoms with Gasteiger partial charge in [-0.15, -0.1) is 0 Å². The van der Waals surface area contributed by atoms with Crippen LogP contribution in [0.1, 0.15) is 49.8 Å². The van der Waals surface area contributed by atoms with Crippen LogP contribution in [0.4, 0.5) is 0 Å². The lowest BCUT2D eigenvalue weighted by Gasteiger charge is -2.46. The van der Waals surface area contributed by atoms with Crippen LogP contribution in [-0.4, -0.2) is 44.1 Å². The molecule has 6 rings (SSSR count). The van der Waals surface area contributed by atoms with Crippen molar-refractivity contribution in [2.45, 2.75) is 63.9 Å². The van der Waals surface area contributed by atoms with E-state index in [1.54, 1.807) is 6.07 Å². The monoisotopic (exact) mass is 672 g/mol. The van der Waals surface area contributed by atoms with Crippen LogP contribution in [0.5, 0.6) is 0 Å². The molecule has 7 heteroatoms. The first-order valence-corrected chi connectivity index (χ1v) is 17.0. The van der Waals surface area contributed by atoms with Crippen LogP contribution in [0.2, 0.25) is 0 Å². The SMILES string of the molecule is COC(=O)c1ccc(C)c([C@@H]2O[C@H](COCc3ccccc3)[C@@H](OCc3ccccc3)[C@H](OCc3ccccc3)[C@H]2OCc2ccccc2)c1. The van der Waals surface area contributed by atoms with Gasteiger partial charge in [0.15, 0.2) is 0 Å². The zero-order valence-corrected chi connectivity index (χ0v) is 28.6. The van der Waals surface area contributed by atoms with Crippen molar-refractivity contribution in [2.75, 3.05) is 13.7 Å². The molecule has 0 amide bonds. The molecule has 1 aliphatic rings. The summed E-state index contributed by atoms with van der Waals surface area (Å²) in [5, 5.41) is 0. The number of hydrogen-bond acceptors (Lipinski definition) is 7. The second-order valence-electron chi connectivity index (χ2n) is 12.4. The van der Waals surface area contributed by atoms with Crippen LogP contribution < -0.4 is 0 Å². The molecular formula is C43H44O7. The molecule has 7 nitrogen and oxygen atoms in total. The number of carbonyl (C=O) groups is 1. The lowest BCUT2D eigenvalue weighted by Crippen LogP contribution is -2.58. The maximum atomic E-state index is 12.7. The van der Waals surface area contributed by atoms with Crippen LogP contribution in [0.25, 0.3) is 0 Å². The molecule has 1 aliphatic heterocycles. The van der Waals surface area contributed by atoms with Gasteiger partial charge in [0.05, 0.1) is 45.7 Å². The molecule has 0 spiro atoms. The number of hydrogen-bond donors (Lipinski definition) is 0. The standard InChI is InChI=1S/C43H44O7/c1-31-23-24-36(43(44)45-2)25-37(31)39-41(48-28-34-19-11-5-12-20-34)42(49-29-35-21-13-6-14-22-35)40(47-27-33-17-9-4-10-18-33)38(50-39)30-46-26-32-15-7-3-8-16-32/h3-25,38-42H,26-30H2,1-2H3/t38-,39+,40-,41+,42+/m1/s1. The Morgan fingerprint density at radius 1 is 0.580 bits per heavy atom. The van der Waals surface area contributed by atoms with Gasteiger partial charge < -0.3 is 28.4 Å². The Bertz CT molecular complexity index is 1750. The highest BCUT2D eigenvalue weighted by molar-refractivity contribution is 5.89. The molecule has 1 heterocycles. The highest BCUT2D eigenvalue weighted by atomic mass is 16.6. The third-order valence-electron chi connectivity index (χ3n) is 8.89. The summed E-state index contributed by atoms with van der Waals surface area (Å²) in [6.45, 7) is 3.68. The molecule has 258 valence electrons. The van der Waals surface area contributed by atoms with Crippen molar-refractivity contribution in [3.8, 4) is 0 Å². The quantitative estimate of drug-likeness (QED) is 0.104. The molecule has 0 aliphatic carbocycles. The summed E-state index contributed by atoms with van der Waals surface area (Å²) in [5.74, 6) is -0.424. The van der Waals surface area contributed by atoms with Gasteiger partial charge in [0.25, 0.3) is 0 Å². The van der Waals surface area contributed by atoms with E-state index in [1.165, 1.54) is 7.11 Å². The van der Waals surface area contributed by atoms with Crippen molar-refractivity contribution >= 4 is 5.97 Å². The highest BCUT2D eigenvalue weighted by Crippen LogP contribution is 2.40. The van der Waals surface area contributed by atoms with E-state index in [2.05, 4.69) is 0 Å². The van der Waals surface area contributed by atoms with Gasteiger partial charge in [-0.2, -0.15) is 0 Å². The minimum atomic E-state index is -0.619. The molecule has 50 heavy (non-hydrogen) atoms. The van der Waals surface area contributed by atoms with Crippen molar-refractivity contribution in [1.29, 1.82) is 0 Å². The van der Waals surface area contributed by atoms with E-state index < -0.39 is 36.5 Å². The Labute approximate surface area is 294 Å². The van der Waals surface area contributed by atoms with E-state index in [9.17, 15) is 4.79 Å². The summed E-state index contributed by atoms with van der Waals surface area (Å²) >= 11 is 0. The zero-order chi connectivity index (χ0) is 34.5. The summed E-state index contributed by atoms with van der Waals surface area (Å²) in [7, 11) is 1.38. The lowest BCUT2D eigenvalue weighted by atomic mass is 9.88. The molecule has 1 fully saturated rings. The Morgan fingerprint density at radius 2 is 1.04 bits per heavy atom. The minimum absolute atomic E-state index is 0.247. The first-order valence-electron chi connectivity index (χ1n) is 17.0. The molecule has 1 saturated heterocycles. The van der Waals surface area contributed by atoms with Crippen LogP contribution in [0, 0.1) is 6.92 Å². The molecule has 0 saturated carbocycles. The fourth-order valence-corrected chi connectivity index (χ4v) is 6.23. The van der Waals surface area contributed by atoms with Crippen LogP contribution in [-0.2, 0) is 54.8 Å². The molecular weight excluding hydrogens is 628 g/mol. The first-order chi connectivity index (χ1) is 24.6. The molecule has 0 aromatic heterocycles. The van der Waals surface area contributed by atoms with E-state index in [0.29, 0.717) is 32.0 Å². The third kappa shape index (κ3) is 9.33. The molecule has 5 aromatic carbocycles. The Balaban J connectivity index is 1.39. The van der Waals surface area contributed by atoms with E-state index in [4.69, 9.17) is 28.4 Å². The molecule has 0 radical (unpaired) electrons. The van der Waals surface area contributed by atoms with Crippen LogP contribution in [0.15, 0.2) is 140 Å². The van der Waals surface area contributed by atoms with Crippen molar-refractivity contribution < 1.29 is 33.2 Å². The Kier molecular flexibility index (Phi) is 12.6. The van der Waals surface area contributed by atoms with E-state index in [0.717, 1.165) is 33.4 Å². The zero-order valence-electron chi connectivity index (χ0n) is 28.6. The second kappa shape index (κ2) is 17.9. The van der Waals surface area contributed by atoms with E-state index >= 15 is 0 Å². The van der Waals surface area contributed by atoms with Crippen molar-refractivity contribution in [3.63, 3.8) is 0 Å². The average molecular weight is 673 g/mol. The third-order valence-corrected chi connectivity index (χ3v) is 8.89. The maximum Gasteiger partial charge on any atom is 0.337 e. The van der Waals surface area contributed by atoms with E-state index in [-0.39, 0.29) is 6.61 Å². The normalized spacial score (nSPS) is 20.3. The molecule has 0 N–H and O–H groups in total. The second-order valence-corrected chi connectivity index (χ2v) is 12.4. The fraction of sp³-hybridized carbons (Fsp3) is 0.279. The smallest absolute Gasteiger partial charge is 0.337 e. The highest BCUT2D eigenvalue weighted by Gasteiger charge is 2.49. The summed E-state index contributed by atoms with van der Waals surface area (Å²) in [4.78, 5) is 12.7. The van der Waals surface area contributed by atoms with Gasteiger partial charge >= 0.3 is 5.97 Å². The van der Waals surface area contributed by atoms with Crippen molar-refractivity contribution in [2.24, 2.45) is 0 Å². The van der Waals surface area contributed by atoms with Crippen molar-refractivity contribution in [1.82, 2.24) is 0 Å². The number of methoxy groups -OCH3 is 1. The lowest BCUT2D eigenvalue weighted by molar-refractivity contribution is -0.275. The summed E-state index contributed by atoms with van der Waals surface area (Å²) in [6.07, 6.45) is -2.91. The number of benzene rings is 5. The number of ether oxygens (including phenoxy) is 6. The molecule has 0 bridgehead atoms. The topological polar surface area (TPSA) is 72.5 Å².